The van der Waals surface area contributed by atoms with Crippen LogP contribution in [-0.4, -0.2) is 14.8 Å². The minimum absolute atomic E-state index is 0.0501. The van der Waals surface area contributed by atoms with Crippen LogP contribution in [-0.2, 0) is 5.41 Å². The minimum atomic E-state index is -0.247. The molecule has 10 aromatic carbocycles. The Morgan fingerprint density at radius 1 is 0.380 bits per heavy atom. The van der Waals surface area contributed by atoms with E-state index in [-0.39, 0.29) is 11.6 Å². The van der Waals surface area contributed by atoms with E-state index in [4.69, 9.17) is 4.99 Å². The molecule has 0 fully saturated rings. The topological polar surface area (TPSA) is 34.2 Å². The van der Waals surface area contributed by atoms with Crippen LogP contribution in [0.1, 0.15) is 47.8 Å². The standard InChI is InChI=1S/C67H48N4/c1-67(2)58-23-11-6-18-52(58)53-37-36-48(40-59(53)67)43-28-32-45(33-29-43)60-42-61(69-66(68-60)47-16-4-3-5-17-47)46-34-30-44(31-35-46)49-38-50(70-62-24-12-7-19-54(62)55-20-8-13-25-63(55)70)41-51(39-49)71-64-26-14-9-21-56(64)57-22-10-15-27-65(57)71/h3-42,66,69H,1-2H3. The number of fused-ring (bicyclic) bond motifs is 9. The molecule has 4 nitrogen and oxygen atoms in total. The van der Waals surface area contributed by atoms with Gasteiger partial charge in [-0.15, -0.1) is 0 Å². The molecular formula is C67H48N4. The second-order valence-corrected chi connectivity index (χ2v) is 19.6. The summed E-state index contributed by atoms with van der Waals surface area (Å²) in [6.07, 6.45) is 1.96. The molecule has 0 amide bonds. The number of nitrogens with one attached hydrogen (secondary N) is 1. The largest absolute Gasteiger partial charge is 0.360 e. The number of rotatable bonds is 7. The quantitative estimate of drug-likeness (QED) is 0.170. The van der Waals surface area contributed by atoms with E-state index in [0.29, 0.717) is 0 Å². The molecule has 1 atom stereocenters. The lowest BCUT2D eigenvalue weighted by atomic mass is 9.81. The summed E-state index contributed by atoms with van der Waals surface area (Å²) in [6.45, 7) is 4.69. The number of aromatic nitrogens is 2. The summed E-state index contributed by atoms with van der Waals surface area (Å²) in [5.41, 5.74) is 22.3. The fourth-order valence-electron chi connectivity index (χ4n) is 11.6. The zero-order valence-electron chi connectivity index (χ0n) is 39.5. The highest BCUT2D eigenvalue weighted by Gasteiger charge is 2.35. The van der Waals surface area contributed by atoms with Crippen molar-refractivity contribution in [3.05, 3.63) is 270 Å². The summed E-state index contributed by atoms with van der Waals surface area (Å²) in [7, 11) is 0. The van der Waals surface area contributed by atoms with E-state index >= 15 is 0 Å². The molecule has 3 heterocycles. The molecule has 1 aliphatic heterocycles. The maximum atomic E-state index is 5.33. The highest BCUT2D eigenvalue weighted by atomic mass is 15.1. The Morgan fingerprint density at radius 2 is 0.831 bits per heavy atom. The molecule has 71 heavy (non-hydrogen) atoms. The van der Waals surface area contributed by atoms with Crippen molar-refractivity contribution in [2.75, 3.05) is 0 Å². The first-order chi connectivity index (χ1) is 34.9. The Bertz CT molecular complexity index is 3910. The lowest BCUT2D eigenvalue weighted by Crippen LogP contribution is -2.24. The smallest absolute Gasteiger partial charge is 0.145 e. The van der Waals surface area contributed by atoms with Gasteiger partial charge in [0.15, 0.2) is 0 Å². The van der Waals surface area contributed by atoms with E-state index in [1.54, 1.807) is 0 Å². The number of hydrogen-bond acceptors (Lipinski definition) is 2. The Morgan fingerprint density at radius 3 is 1.41 bits per heavy atom. The Balaban J connectivity index is 0.856. The first-order valence-electron chi connectivity index (χ1n) is 24.6. The van der Waals surface area contributed by atoms with Gasteiger partial charge in [-0.25, -0.2) is 0 Å². The third-order valence-corrected chi connectivity index (χ3v) is 15.2. The van der Waals surface area contributed by atoms with Crippen molar-refractivity contribution in [2.24, 2.45) is 4.99 Å². The molecule has 14 rings (SSSR count). The highest BCUT2D eigenvalue weighted by Crippen LogP contribution is 2.49. The van der Waals surface area contributed by atoms with E-state index in [1.165, 1.54) is 77.0 Å². The van der Waals surface area contributed by atoms with Crippen molar-refractivity contribution < 1.29 is 0 Å². The van der Waals surface area contributed by atoms with Gasteiger partial charge >= 0.3 is 0 Å². The van der Waals surface area contributed by atoms with E-state index in [9.17, 15) is 0 Å². The van der Waals surface area contributed by atoms with Gasteiger partial charge in [0.2, 0.25) is 0 Å². The molecule has 0 radical (unpaired) electrons. The van der Waals surface area contributed by atoms with Crippen LogP contribution in [0.3, 0.4) is 0 Å². The van der Waals surface area contributed by atoms with Crippen molar-refractivity contribution in [1.29, 1.82) is 0 Å². The molecule has 2 aromatic heterocycles. The highest BCUT2D eigenvalue weighted by molar-refractivity contribution is 6.14. The molecule has 0 saturated carbocycles. The third kappa shape index (κ3) is 6.63. The Kier molecular flexibility index (Phi) is 9.27. The molecule has 336 valence electrons. The third-order valence-electron chi connectivity index (χ3n) is 15.2. The van der Waals surface area contributed by atoms with Crippen molar-refractivity contribution in [3.8, 4) is 44.8 Å². The Hall–Kier alpha value is -8.99. The maximum absolute atomic E-state index is 5.33. The van der Waals surface area contributed by atoms with Gasteiger partial charge in [0.25, 0.3) is 0 Å². The van der Waals surface area contributed by atoms with Gasteiger partial charge in [0.1, 0.15) is 6.17 Å². The SMILES string of the molecule is CC1(C)c2ccccc2-c2ccc(-c3ccc(C4=NC(c5ccccc5)NC(c5ccc(-c6cc(-n7c8ccccc8c8ccccc87)cc(-n7c8ccccc8c8ccccc87)c6)cc5)=C4)cc3)cc21. The van der Waals surface area contributed by atoms with Crippen LogP contribution in [0.15, 0.2) is 248 Å². The molecule has 1 unspecified atom stereocenters. The summed E-state index contributed by atoms with van der Waals surface area (Å²) in [5, 5.41) is 8.78. The fourth-order valence-corrected chi connectivity index (χ4v) is 11.6. The normalized spacial score (nSPS) is 14.9. The van der Waals surface area contributed by atoms with Crippen LogP contribution in [0.2, 0.25) is 0 Å². The van der Waals surface area contributed by atoms with Crippen molar-refractivity contribution in [3.63, 3.8) is 0 Å². The molecule has 4 heteroatoms. The fraction of sp³-hybridized carbons (Fsp3) is 0.0597. The summed E-state index contributed by atoms with van der Waals surface area (Å²) < 4.78 is 4.86. The van der Waals surface area contributed by atoms with Crippen molar-refractivity contribution in [2.45, 2.75) is 25.4 Å². The van der Waals surface area contributed by atoms with Crippen LogP contribution in [0.4, 0.5) is 0 Å². The predicted molar refractivity (Wildman–Crippen MR) is 297 cm³/mol. The molecular weight excluding hydrogens is 861 g/mol. The monoisotopic (exact) mass is 908 g/mol. The van der Waals surface area contributed by atoms with E-state index in [1.807, 2.05) is 0 Å². The van der Waals surface area contributed by atoms with Crippen molar-refractivity contribution in [1.82, 2.24) is 14.5 Å². The lowest BCUT2D eigenvalue weighted by molar-refractivity contribution is 0.660. The summed E-state index contributed by atoms with van der Waals surface area (Å²) in [6, 6.07) is 86.5. The molecule has 2 aliphatic rings. The summed E-state index contributed by atoms with van der Waals surface area (Å²) in [4.78, 5) is 5.33. The second kappa shape index (κ2) is 16.0. The summed E-state index contributed by atoms with van der Waals surface area (Å²) >= 11 is 0. The number of nitrogens with zero attached hydrogens (tertiary/aromatic N) is 3. The van der Waals surface area contributed by atoms with Gasteiger partial charge in [-0.1, -0.05) is 202 Å². The predicted octanol–water partition coefficient (Wildman–Crippen LogP) is 16.7. The van der Waals surface area contributed by atoms with Gasteiger partial charge in [-0.05, 0) is 116 Å². The molecule has 12 aromatic rings. The van der Waals surface area contributed by atoms with Gasteiger partial charge < -0.3 is 14.5 Å². The van der Waals surface area contributed by atoms with E-state index < -0.39 is 0 Å². The maximum Gasteiger partial charge on any atom is 0.145 e. The zero-order valence-corrected chi connectivity index (χ0v) is 39.5. The summed E-state index contributed by atoms with van der Waals surface area (Å²) in [5.74, 6) is 0. The first kappa shape index (κ1) is 41.0. The van der Waals surface area contributed by atoms with Crippen LogP contribution in [0, 0.1) is 0 Å². The van der Waals surface area contributed by atoms with Gasteiger partial charge in [-0.2, -0.15) is 0 Å². The van der Waals surface area contributed by atoms with E-state index in [0.717, 1.165) is 50.6 Å². The van der Waals surface area contributed by atoms with Gasteiger partial charge in [-0.3, -0.25) is 4.99 Å². The van der Waals surface area contributed by atoms with Crippen LogP contribution >= 0.6 is 0 Å². The van der Waals surface area contributed by atoms with Crippen LogP contribution in [0.25, 0.3) is 94.1 Å². The molecule has 0 spiro atoms. The molecule has 0 bridgehead atoms. The number of aliphatic imine (C=N–C) groups is 1. The number of hydrogen-bond donors (Lipinski definition) is 1. The second-order valence-electron chi connectivity index (χ2n) is 19.6. The van der Waals surface area contributed by atoms with E-state index in [2.05, 4.69) is 271 Å². The van der Waals surface area contributed by atoms with Gasteiger partial charge in [0, 0.05) is 44.0 Å². The lowest BCUT2D eigenvalue weighted by Gasteiger charge is -2.25. The molecule has 1 aliphatic carbocycles. The zero-order chi connectivity index (χ0) is 47.2. The number of allylic oxidation sites excluding steroid dienone is 1. The number of para-hydroxylation sites is 4. The Labute approximate surface area is 413 Å². The minimum Gasteiger partial charge on any atom is -0.360 e. The molecule has 1 N–H and O–H groups in total. The average Bonchev–Trinajstić information content (AvgIpc) is 4.04. The van der Waals surface area contributed by atoms with Gasteiger partial charge in [0.05, 0.1) is 27.8 Å². The first-order valence-corrected chi connectivity index (χ1v) is 24.6. The molecule has 0 saturated heterocycles. The van der Waals surface area contributed by atoms with Crippen molar-refractivity contribution >= 4 is 55.0 Å². The average molecular weight is 909 g/mol. The van der Waals surface area contributed by atoms with Crippen LogP contribution < -0.4 is 5.32 Å². The van der Waals surface area contributed by atoms with Crippen LogP contribution in [0.5, 0.6) is 0 Å². The number of benzene rings is 10.